The van der Waals surface area contributed by atoms with Gasteiger partial charge in [0.1, 0.15) is 17.3 Å². The fraction of sp³-hybridized carbons (Fsp3) is 0.167. The number of hydrogen-bond acceptors (Lipinski definition) is 4. The molecular weight excluding hydrogens is 237 g/mol. The number of ether oxygens (including phenoxy) is 1. The zero-order valence-electron chi connectivity index (χ0n) is 9.47. The van der Waals surface area contributed by atoms with Gasteiger partial charge in [-0.25, -0.2) is 9.37 Å². The van der Waals surface area contributed by atoms with Crippen molar-refractivity contribution in [3.05, 3.63) is 41.9 Å². The van der Waals surface area contributed by atoms with Crippen LogP contribution in [-0.2, 0) is 4.79 Å². The number of nitrogens with two attached hydrogens (primary N) is 1. The molecule has 3 N–H and O–H groups in total. The van der Waals surface area contributed by atoms with Gasteiger partial charge in [-0.1, -0.05) is 0 Å². The van der Waals surface area contributed by atoms with Gasteiger partial charge < -0.3 is 15.8 Å². The zero-order valence-corrected chi connectivity index (χ0v) is 9.47. The number of pyridine rings is 1. The monoisotopic (exact) mass is 249 g/mol. The van der Waals surface area contributed by atoms with Crippen LogP contribution in [0.1, 0.15) is 6.42 Å². The number of nitrogens with zero attached hydrogens (tertiary/aromatic N) is 1. The molecule has 5 nitrogen and oxygen atoms in total. The predicted molar refractivity (Wildman–Crippen MR) is 64.4 cm³/mol. The zero-order chi connectivity index (χ0) is 13.0. The summed E-state index contributed by atoms with van der Waals surface area (Å²) in [5.74, 6) is 0.925. The van der Waals surface area contributed by atoms with Crippen LogP contribution in [0.25, 0.3) is 0 Å². The normalized spacial score (nSPS) is 18.6. The second kappa shape index (κ2) is 5.31. The minimum atomic E-state index is -1.26. The van der Waals surface area contributed by atoms with Crippen LogP contribution in [0.2, 0.25) is 0 Å². The first-order valence-electron chi connectivity index (χ1n) is 5.33. The molecule has 0 bridgehead atoms. The molecular formula is C12H12FN3O2. The lowest BCUT2D eigenvalue weighted by atomic mass is 10.1. The summed E-state index contributed by atoms with van der Waals surface area (Å²) in [4.78, 5) is 14.2. The molecule has 18 heavy (non-hydrogen) atoms. The van der Waals surface area contributed by atoms with E-state index < -0.39 is 6.17 Å². The molecule has 1 aromatic heterocycles. The Kier molecular flexibility index (Phi) is 3.57. The number of allylic oxidation sites excluding steroid dienone is 4. The summed E-state index contributed by atoms with van der Waals surface area (Å²) in [7, 11) is 0. The number of carbonyl (C=O) groups excluding carboxylic acids is 1. The van der Waals surface area contributed by atoms with Gasteiger partial charge in [0.05, 0.1) is 0 Å². The average molecular weight is 249 g/mol. The first-order valence-corrected chi connectivity index (χ1v) is 5.33. The Balaban J connectivity index is 2.14. The van der Waals surface area contributed by atoms with Crippen LogP contribution in [0.15, 0.2) is 41.9 Å². The number of nitrogens with one attached hydrogen (secondary N) is 1. The number of aromatic nitrogens is 1. The summed E-state index contributed by atoms with van der Waals surface area (Å²) in [6.07, 6.45) is 3.94. The Morgan fingerprint density at radius 1 is 1.56 bits per heavy atom. The summed E-state index contributed by atoms with van der Waals surface area (Å²) in [6, 6.07) is 3.08. The summed E-state index contributed by atoms with van der Waals surface area (Å²) >= 11 is 0. The Hall–Kier alpha value is -2.37. The molecule has 0 saturated heterocycles. The molecule has 1 heterocycles. The number of amides is 1. The van der Waals surface area contributed by atoms with Gasteiger partial charge in [0.25, 0.3) is 0 Å². The van der Waals surface area contributed by atoms with Crippen molar-refractivity contribution >= 4 is 12.2 Å². The standard InChI is InChI=1S/C12H12FN3O2/c13-10-5-8(14)1-2-11(10)18-9-3-4-15-12(6-9)16-7-17/h1-4,6-7,10H,5,14H2,(H,15,16,17). The maximum Gasteiger partial charge on any atom is 0.212 e. The Morgan fingerprint density at radius 2 is 2.39 bits per heavy atom. The maximum atomic E-state index is 13.6. The molecule has 0 aromatic carbocycles. The van der Waals surface area contributed by atoms with Gasteiger partial charge in [0.15, 0.2) is 6.17 Å². The third-order valence-electron chi connectivity index (χ3n) is 2.36. The molecule has 0 spiro atoms. The van der Waals surface area contributed by atoms with Crippen molar-refractivity contribution in [1.29, 1.82) is 0 Å². The van der Waals surface area contributed by atoms with Crippen molar-refractivity contribution in [3.8, 4) is 5.75 Å². The van der Waals surface area contributed by atoms with Crippen LogP contribution in [-0.4, -0.2) is 17.6 Å². The van der Waals surface area contributed by atoms with E-state index >= 15 is 0 Å². The second-order valence-corrected chi connectivity index (χ2v) is 3.72. The van der Waals surface area contributed by atoms with Crippen LogP contribution >= 0.6 is 0 Å². The highest BCUT2D eigenvalue weighted by Crippen LogP contribution is 2.24. The van der Waals surface area contributed by atoms with E-state index in [1.807, 2.05) is 0 Å². The smallest absolute Gasteiger partial charge is 0.212 e. The SMILES string of the molecule is NC1=CC=C(Oc2ccnc(NC=O)c2)C(F)C1. The molecule has 1 amide bonds. The summed E-state index contributed by atoms with van der Waals surface area (Å²) < 4.78 is 19.0. The van der Waals surface area contributed by atoms with E-state index in [0.717, 1.165) is 0 Å². The third-order valence-corrected chi connectivity index (χ3v) is 2.36. The molecule has 2 rings (SSSR count). The van der Waals surface area contributed by atoms with E-state index in [-0.39, 0.29) is 12.2 Å². The van der Waals surface area contributed by atoms with Crippen LogP contribution in [0.4, 0.5) is 10.2 Å². The van der Waals surface area contributed by atoms with Gasteiger partial charge in [-0.2, -0.15) is 0 Å². The average Bonchev–Trinajstić information content (AvgIpc) is 2.34. The summed E-state index contributed by atoms with van der Waals surface area (Å²) in [6.45, 7) is 0. The van der Waals surface area contributed by atoms with E-state index in [1.165, 1.54) is 18.3 Å². The Bertz CT molecular complexity index is 514. The fourth-order valence-corrected chi connectivity index (χ4v) is 1.52. The van der Waals surface area contributed by atoms with Gasteiger partial charge in [-0.3, -0.25) is 4.79 Å². The molecule has 1 aromatic rings. The predicted octanol–water partition coefficient (Wildman–Crippen LogP) is 1.50. The topological polar surface area (TPSA) is 77.2 Å². The molecule has 1 aliphatic rings. The molecule has 0 aliphatic heterocycles. The second-order valence-electron chi connectivity index (χ2n) is 3.72. The van der Waals surface area contributed by atoms with Crippen molar-refractivity contribution in [2.24, 2.45) is 5.73 Å². The van der Waals surface area contributed by atoms with Crippen molar-refractivity contribution in [2.75, 3.05) is 5.32 Å². The number of halogens is 1. The molecule has 1 unspecified atom stereocenters. The van der Waals surface area contributed by atoms with Gasteiger partial charge >= 0.3 is 0 Å². The van der Waals surface area contributed by atoms with Crippen LogP contribution in [0.3, 0.4) is 0 Å². The summed E-state index contributed by atoms with van der Waals surface area (Å²) in [5, 5.41) is 2.39. The fourth-order valence-electron chi connectivity index (χ4n) is 1.52. The van der Waals surface area contributed by atoms with Gasteiger partial charge in [0.2, 0.25) is 6.41 Å². The summed E-state index contributed by atoms with van der Waals surface area (Å²) in [5.41, 5.74) is 5.99. The van der Waals surface area contributed by atoms with Crippen molar-refractivity contribution in [1.82, 2.24) is 4.98 Å². The molecule has 0 fully saturated rings. The molecule has 0 radical (unpaired) electrons. The van der Waals surface area contributed by atoms with E-state index in [4.69, 9.17) is 10.5 Å². The van der Waals surface area contributed by atoms with E-state index in [1.54, 1.807) is 12.1 Å². The molecule has 94 valence electrons. The van der Waals surface area contributed by atoms with E-state index in [9.17, 15) is 9.18 Å². The lowest BCUT2D eigenvalue weighted by Gasteiger charge is -2.17. The number of hydrogen-bond donors (Lipinski definition) is 2. The Morgan fingerprint density at radius 3 is 3.11 bits per heavy atom. The first-order chi connectivity index (χ1) is 8.69. The van der Waals surface area contributed by atoms with E-state index in [2.05, 4.69) is 10.3 Å². The molecule has 1 aliphatic carbocycles. The van der Waals surface area contributed by atoms with Crippen LogP contribution < -0.4 is 15.8 Å². The van der Waals surface area contributed by atoms with Gasteiger partial charge in [-0.15, -0.1) is 0 Å². The number of carbonyl (C=O) groups is 1. The minimum absolute atomic E-state index is 0.121. The number of rotatable bonds is 4. The van der Waals surface area contributed by atoms with Gasteiger partial charge in [-0.05, 0) is 18.2 Å². The third kappa shape index (κ3) is 2.85. The highest BCUT2D eigenvalue weighted by molar-refractivity contribution is 5.69. The lowest BCUT2D eigenvalue weighted by molar-refractivity contribution is -0.105. The van der Waals surface area contributed by atoms with Crippen molar-refractivity contribution in [3.63, 3.8) is 0 Å². The maximum absolute atomic E-state index is 13.6. The highest BCUT2D eigenvalue weighted by Gasteiger charge is 2.19. The van der Waals surface area contributed by atoms with Crippen molar-refractivity contribution in [2.45, 2.75) is 12.6 Å². The highest BCUT2D eigenvalue weighted by atomic mass is 19.1. The molecule has 1 atom stereocenters. The van der Waals surface area contributed by atoms with Gasteiger partial charge in [0, 0.05) is 24.4 Å². The molecule has 6 heteroatoms. The van der Waals surface area contributed by atoms with Crippen LogP contribution in [0.5, 0.6) is 5.75 Å². The largest absolute Gasteiger partial charge is 0.458 e. The lowest BCUT2D eigenvalue weighted by Crippen LogP contribution is -2.17. The molecule has 0 saturated carbocycles. The number of alkyl halides is 1. The van der Waals surface area contributed by atoms with Crippen molar-refractivity contribution < 1.29 is 13.9 Å². The van der Waals surface area contributed by atoms with E-state index in [0.29, 0.717) is 23.7 Å². The quantitative estimate of drug-likeness (QED) is 0.793. The Labute approximate surface area is 103 Å². The minimum Gasteiger partial charge on any atom is -0.458 e. The number of anilines is 1. The first kappa shape index (κ1) is 12.1. The van der Waals surface area contributed by atoms with Crippen LogP contribution in [0, 0.1) is 0 Å².